The standard InChI is InChI=1S/C3H5ClN2O3/c1-2(4)6(5-9)3(7)8/h2H,1H3,(H,7,8). The Balaban J connectivity index is 3.98. The van der Waals surface area contributed by atoms with Crippen LogP contribution < -0.4 is 0 Å². The van der Waals surface area contributed by atoms with Crippen molar-refractivity contribution in [3.63, 3.8) is 0 Å². The number of carboxylic acid groups (broad SMARTS) is 1. The number of alkyl halides is 1. The first-order valence-corrected chi connectivity index (χ1v) is 2.52. The van der Waals surface area contributed by atoms with Crippen molar-refractivity contribution in [2.45, 2.75) is 12.4 Å². The van der Waals surface area contributed by atoms with Gasteiger partial charge in [0.05, 0.1) is 5.29 Å². The van der Waals surface area contributed by atoms with Gasteiger partial charge in [0.1, 0.15) is 5.50 Å². The van der Waals surface area contributed by atoms with Crippen molar-refractivity contribution in [1.82, 2.24) is 5.01 Å². The normalized spacial score (nSPS) is 12.2. The SMILES string of the molecule is CC(Cl)N(N=O)C(=O)O. The van der Waals surface area contributed by atoms with Crippen LogP contribution in [0.2, 0.25) is 0 Å². The predicted octanol–water partition coefficient (Wildman–Crippen LogP) is 1.23. The van der Waals surface area contributed by atoms with Crippen LogP contribution in [0.25, 0.3) is 0 Å². The number of hydrogen-bond acceptors (Lipinski definition) is 3. The zero-order valence-electron chi connectivity index (χ0n) is 4.61. The van der Waals surface area contributed by atoms with Gasteiger partial charge in [-0.15, -0.1) is 9.92 Å². The average molecular weight is 153 g/mol. The van der Waals surface area contributed by atoms with Gasteiger partial charge in [-0.1, -0.05) is 11.6 Å². The van der Waals surface area contributed by atoms with Crippen LogP contribution in [0.4, 0.5) is 4.79 Å². The van der Waals surface area contributed by atoms with E-state index in [1.165, 1.54) is 6.92 Å². The number of amides is 1. The third-order valence-corrected chi connectivity index (χ3v) is 0.806. The van der Waals surface area contributed by atoms with Crippen molar-refractivity contribution in [2.24, 2.45) is 5.29 Å². The van der Waals surface area contributed by atoms with Crippen LogP contribution >= 0.6 is 11.6 Å². The lowest BCUT2D eigenvalue weighted by Crippen LogP contribution is -2.28. The molecule has 9 heavy (non-hydrogen) atoms. The van der Waals surface area contributed by atoms with Gasteiger partial charge in [-0.2, -0.15) is 0 Å². The average Bonchev–Trinajstić information content (AvgIpc) is 1.64. The Hall–Kier alpha value is -0.840. The van der Waals surface area contributed by atoms with Gasteiger partial charge >= 0.3 is 6.09 Å². The van der Waals surface area contributed by atoms with Crippen molar-refractivity contribution in [1.29, 1.82) is 0 Å². The molecule has 0 radical (unpaired) electrons. The van der Waals surface area contributed by atoms with Gasteiger partial charge < -0.3 is 5.11 Å². The first-order chi connectivity index (χ1) is 4.09. The maximum atomic E-state index is 9.92. The summed E-state index contributed by atoms with van der Waals surface area (Å²) in [5.41, 5.74) is -0.917. The second-order valence-electron chi connectivity index (χ2n) is 1.28. The summed E-state index contributed by atoms with van der Waals surface area (Å²) in [5.74, 6) is 0. The van der Waals surface area contributed by atoms with Crippen molar-refractivity contribution in [3.8, 4) is 0 Å². The highest BCUT2D eigenvalue weighted by Gasteiger charge is 2.16. The lowest BCUT2D eigenvalue weighted by atomic mass is 10.7. The van der Waals surface area contributed by atoms with E-state index in [2.05, 4.69) is 5.29 Å². The number of nitroso groups, excluding NO2 is 1. The van der Waals surface area contributed by atoms with E-state index in [9.17, 15) is 9.70 Å². The number of nitrogens with zero attached hydrogens (tertiary/aromatic N) is 2. The molecule has 0 heterocycles. The summed E-state index contributed by atoms with van der Waals surface area (Å²) in [6, 6.07) is 0. The van der Waals surface area contributed by atoms with E-state index >= 15 is 0 Å². The third-order valence-electron chi connectivity index (χ3n) is 0.621. The van der Waals surface area contributed by atoms with Gasteiger partial charge in [0.2, 0.25) is 0 Å². The Morgan fingerprint density at radius 1 is 1.89 bits per heavy atom. The molecule has 0 aliphatic heterocycles. The van der Waals surface area contributed by atoms with Crippen LogP contribution in [-0.4, -0.2) is 21.7 Å². The van der Waals surface area contributed by atoms with E-state index in [1.54, 1.807) is 0 Å². The van der Waals surface area contributed by atoms with Gasteiger partial charge in [0.15, 0.2) is 0 Å². The maximum Gasteiger partial charge on any atom is 0.431 e. The zero-order chi connectivity index (χ0) is 7.44. The van der Waals surface area contributed by atoms with E-state index in [4.69, 9.17) is 16.7 Å². The molecule has 1 N–H and O–H groups in total. The van der Waals surface area contributed by atoms with Gasteiger partial charge in [-0.3, -0.25) is 0 Å². The molecule has 0 aromatic rings. The van der Waals surface area contributed by atoms with E-state index in [1.807, 2.05) is 0 Å². The van der Waals surface area contributed by atoms with Gasteiger partial charge in [-0.05, 0) is 6.92 Å². The van der Waals surface area contributed by atoms with Crippen molar-refractivity contribution in [3.05, 3.63) is 4.91 Å². The maximum absolute atomic E-state index is 9.92. The van der Waals surface area contributed by atoms with Crippen LogP contribution in [0.5, 0.6) is 0 Å². The molecule has 1 atom stereocenters. The summed E-state index contributed by atoms with van der Waals surface area (Å²) < 4.78 is 0. The molecule has 0 aromatic carbocycles. The van der Waals surface area contributed by atoms with Crippen molar-refractivity contribution in [2.75, 3.05) is 0 Å². The van der Waals surface area contributed by atoms with E-state index in [-0.39, 0.29) is 5.01 Å². The third kappa shape index (κ3) is 2.27. The van der Waals surface area contributed by atoms with Crippen LogP contribution in [0.1, 0.15) is 6.92 Å². The number of rotatable bonds is 2. The zero-order valence-corrected chi connectivity index (χ0v) is 5.37. The number of hydrogen-bond donors (Lipinski definition) is 1. The van der Waals surface area contributed by atoms with E-state index < -0.39 is 11.6 Å². The summed E-state index contributed by atoms with van der Waals surface area (Å²) in [6.07, 6.45) is -1.45. The van der Waals surface area contributed by atoms with Crippen LogP contribution in [0, 0.1) is 4.91 Å². The van der Waals surface area contributed by atoms with Gasteiger partial charge in [-0.25, -0.2) is 4.79 Å². The minimum absolute atomic E-state index is 0.210. The minimum Gasteiger partial charge on any atom is -0.464 e. The highest BCUT2D eigenvalue weighted by atomic mass is 35.5. The van der Waals surface area contributed by atoms with Crippen molar-refractivity contribution < 1.29 is 9.90 Å². The molecule has 0 fully saturated rings. The molecule has 0 saturated heterocycles. The minimum atomic E-state index is -1.45. The molecule has 0 aromatic heterocycles. The molecule has 0 bridgehead atoms. The molecule has 52 valence electrons. The molecule has 5 nitrogen and oxygen atoms in total. The summed E-state index contributed by atoms with van der Waals surface area (Å²) in [4.78, 5) is 19.5. The second-order valence-corrected chi connectivity index (χ2v) is 1.91. The Bertz CT molecular complexity index is 126. The van der Waals surface area contributed by atoms with E-state index in [0.29, 0.717) is 0 Å². The fourth-order valence-electron chi connectivity index (χ4n) is 0.252. The smallest absolute Gasteiger partial charge is 0.431 e. The molecule has 1 amide bonds. The van der Waals surface area contributed by atoms with E-state index in [0.717, 1.165) is 0 Å². The van der Waals surface area contributed by atoms with Crippen LogP contribution in [0.15, 0.2) is 5.29 Å². The number of carbonyl (C=O) groups is 1. The molecular formula is C3H5ClN2O3. The fraction of sp³-hybridized carbons (Fsp3) is 0.667. The molecule has 0 aliphatic rings. The summed E-state index contributed by atoms with van der Waals surface area (Å²) in [6.45, 7) is 1.33. The highest BCUT2D eigenvalue weighted by molar-refractivity contribution is 6.20. The summed E-state index contributed by atoms with van der Waals surface area (Å²) in [7, 11) is 0. The topological polar surface area (TPSA) is 70.0 Å². The molecule has 0 saturated carbocycles. The molecule has 0 aliphatic carbocycles. The molecule has 1 unspecified atom stereocenters. The van der Waals surface area contributed by atoms with Crippen LogP contribution in [-0.2, 0) is 0 Å². The molecule has 0 rings (SSSR count). The number of halogens is 1. The second kappa shape index (κ2) is 3.24. The lowest BCUT2D eigenvalue weighted by molar-refractivity contribution is 0.143. The summed E-state index contributed by atoms with van der Waals surface area (Å²) in [5, 5.41) is 10.4. The Labute approximate surface area is 56.2 Å². The monoisotopic (exact) mass is 152 g/mol. The molecule has 6 heteroatoms. The molecule has 0 spiro atoms. The first kappa shape index (κ1) is 8.16. The fourth-order valence-corrected chi connectivity index (χ4v) is 0.371. The largest absolute Gasteiger partial charge is 0.464 e. The molecular weight excluding hydrogens is 147 g/mol. The lowest BCUT2D eigenvalue weighted by Gasteiger charge is -2.09. The first-order valence-electron chi connectivity index (χ1n) is 2.09. The van der Waals surface area contributed by atoms with Crippen molar-refractivity contribution >= 4 is 17.7 Å². The highest BCUT2D eigenvalue weighted by Crippen LogP contribution is 2.03. The quantitative estimate of drug-likeness (QED) is 0.280. The Kier molecular flexibility index (Phi) is 2.94. The van der Waals surface area contributed by atoms with Gasteiger partial charge in [0.25, 0.3) is 0 Å². The van der Waals surface area contributed by atoms with Crippen LogP contribution in [0.3, 0.4) is 0 Å². The van der Waals surface area contributed by atoms with Gasteiger partial charge in [0, 0.05) is 0 Å². The Morgan fingerprint density at radius 2 is 2.33 bits per heavy atom. The Morgan fingerprint density at radius 3 is 2.33 bits per heavy atom. The summed E-state index contributed by atoms with van der Waals surface area (Å²) >= 11 is 5.19. The predicted molar refractivity (Wildman–Crippen MR) is 31.0 cm³/mol.